The van der Waals surface area contributed by atoms with Crippen LogP contribution < -0.4 is 10.0 Å². The Bertz CT molecular complexity index is 771. The van der Waals surface area contributed by atoms with Crippen molar-refractivity contribution in [1.82, 2.24) is 10.2 Å². The SMILES string of the molecule is CN(c1ccc(C(=O)CSc2nnc(N)s2)cc1)S(C)(=O)=O. The van der Waals surface area contributed by atoms with Gasteiger partial charge in [-0.2, -0.15) is 0 Å². The molecule has 0 aliphatic rings. The Balaban J connectivity index is 2.02. The molecule has 0 spiro atoms. The number of rotatable bonds is 6. The van der Waals surface area contributed by atoms with E-state index in [0.29, 0.717) is 20.7 Å². The summed E-state index contributed by atoms with van der Waals surface area (Å²) in [6.45, 7) is 0. The minimum atomic E-state index is -3.31. The van der Waals surface area contributed by atoms with Crippen LogP contribution in [-0.2, 0) is 10.0 Å². The van der Waals surface area contributed by atoms with E-state index < -0.39 is 10.0 Å². The smallest absolute Gasteiger partial charge is 0.231 e. The first-order valence-corrected chi connectivity index (χ1v) is 9.71. The minimum Gasteiger partial charge on any atom is -0.374 e. The van der Waals surface area contributed by atoms with E-state index in [4.69, 9.17) is 5.73 Å². The molecule has 0 fully saturated rings. The van der Waals surface area contributed by atoms with Crippen molar-refractivity contribution in [2.75, 3.05) is 29.1 Å². The van der Waals surface area contributed by atoms with Crippen LogP contribution in [0.2, 0.25) is 0 Å². The Hall–Kier alpha value is -1.65. The number of carbonyl (C=O) groups excluding carboxylic acids is 1. The second-order valence-electron chi connectivity index (χ2n) is 4.40. The first-order chi connectivity index (χ1) is 10.3. The van der Waals surface area contributed by atoms with E-state index in [1.54, 1.807) is 24.3 Å². The van der Waals surface area contributed by atoms with Gasteiger partial charge in [0.1, 0.15) is 0 Å². The molecular weight excluding hydrogens is 344 g/mol. The van der Waals surface area contributed by atoms with Crippen molar-refractivity contribution in [1.29, 1.82) is 0 Å². The van der Waals surface area contributed by atoms with Gasteiger partial charge in [-0.1, -0.05) is 23.1 Å². The fraction of sp³-hybridized carbons (Fsp3) is 0.250. The number of anilines is 2. The molecule has 0 saturated heterocycles. The quantitative estimate of drug-likeness (QED) is 0.616. The predicted octanol–water partition coefficient (Wildman–Crippen LogP) is 1.49. The zero-order valence-corrected chi connectivity index (χ0v) is 14.3. The lowest BCUT2D eigenvalue weighted by Gasteiger charge is -2.16. The summed E-state index contributed by atoms with van der Waals surface area (Å²) in [4.78, 5) is 12.1. The van der Waals surface area contributed by atoms with Gasteiger partial charge in [0.2, 0.25) is 15.2 Å². The molecule has 2 rings (SSSR count). The number of Topliss-reactive ketones (excluding diaryl/α,β-unsaturated/α-hetero) is 1. The van der Waals surface area contributed by atoms with Gasteiger partial charge < -0.3 is 5.73 Å². The fourth-order valence-corrected chi connectivity index (χ4v) is 3.57. The second kappa shape index (κ2) is 6.63. The third-order valence-electron chi connectivity index (χ3n) is 2.80. The highest BCUT2D eigenvalue weighted by atomic mass is 32.2. The van der Waals surface area contributed by atoms with Crippen molar-refractivity contribution in [3.63, 3.8) is 0 Å². The van der Waals surface area contributed by atoms with E-state index >= 15 is 0 Å². The monoisotopic (exact) mass is 358 g/mol. The molecule has 0 bridgehead atoms. The fourth-order valence-electron chi connectivity index (χ4n) is 1.54. The number of hydrogen-bond acceptors (Lipinski definition) is 8. The highest BCUT2D eigenvalue weighted by molar-refractivity contribution is 8.01. The Morgan fingerprint density at radius 3 is 2.45 bits per heavy atom. The van der Waals surface area contributed by atoms with Crippen LogP contribution >= 0.6 is 23.1 Å². The average molecular weight is 358 g/mol. The lowest BCUT2D eigenvalue weighted by molar-refractivity contribution is 0.102. The highest BCUT2D eigenvalue weighted by Crippen LogP contribution is 2.24. The largest absolute Gasteiger partial charge is 0.374 e. The molecule has 0 atom stereocenters. The van der Waals surface area contributed by atoms with Crippen LogP contribution in [0.4, 0.5) is 10.8 Å². The predicted molar refractivity (Wildman–Crippen MR) is 89.1 cm³/mol. The summed E-state index contributed by atoms with van der Waals surface area (Å²) in [5, 5.41) is 7.86. The van der Waals surface area contributed by atoms with E-state index in [0.717, 1.165) is 10.6 Å². The Morgan fingerprint density at radius 2 is 1.95 bits per heavy atom. The molecule has 22 heavy (non-hydrogen) atoms. The molecule has 2 N–H and O–H groups in total. The van der Waals surface area contributed by atoms with Crippen LogP contribution in [0.5, 0.6) is 0 Å². The number of sulfonamides is 1. The maximum Gasteiger partial charge on any atom is 0.231 e. The zero-order chi connectivity index (χ0) is 16.3. The van der Waals surface area contributed by atoms with E-state index in [1.807, 2.05) is 0 Å². The molecule has 118 valence electrons. The van der Waals surface area contributed by atoms with Crippen LogP contribution in [0.3, 0.4) is 0 Å². The van der Waals surface area contributed by atoms with E-state index in [1.165, 1.54) is 30.1 Å². The van der Waals surface area contributed by atoms with Crippen LogP contribution in [0.15, 0.2) is 28.6 Å². The highest BCUT2D eigenvalue weighted by Gasteiger charge is 2.13. The second-order valence-corrected chi connectivity index (χ2v) is 8.64. The van der Waals surface area contributed by atoms with Gasteiger partial charge in [0.15, 0.2) is 10.1 Å². The summed E-state index contributed by atoms with van der Waals surface area (Å²) < 4.78 is 24.7. The van der Waals surface area contributed by atoms with Gasteiger partial charge in [-0.3, -0.25) is 9.10 Å². The number of thioether (sulfide) groups is 1. The first-order valence-electron chi connectivity index (χ1n) is 6.06. The summed E-state index contributed by atoms with van der Waals surface area (Å²) in [6.07, 6.45) is 1.12. The third-order valence-corrected chi connectivity index (χ3v) is 5.89. The number of nitrogen functional groups attached to an aromatic ring is 1. The Kier molecular flexibility index (Phi) is 5.04. The number of ketones is 1. The number of benzene rings is 1. The number of nitrogens with two attached hydrogens (primary N) is 1. The van der Waals surface area contributed by atoms with E-state index in [9.17, 15) is 13.2 Å². The molecule has 7 nitrogen and oxygen atoms in total. The van der Waals surface area contributed by atoms with Gasteiger partial charge >= 0.3 is 0 Å². The lowest BCUT2D eigenvalue weighted by atomic mass is 10.1. The lowest BCUT2D eigenvalue weighted by Crippen LogP contribution is -2.24. The maximum atomic E-state index is 12.1. The van der Waals surface area contributed by atoms with Crippen molar-refractivity contribution in [3.8, 4) is 0 Å². The zero-order valence-electron chi connectivity index (χ0n) is 11.9. The summed E-state index contributed by atoms with van der Waals surface area (Å²) in [6, 6.07) is 6.41. The van der Waals surface area contributed by atoms with Gasteiger partial charge in [0, 0.05) is 12.6 Å². The number of hydrogen-bond donors (Lipinski definition) is 1. The number of carbonyl (C=O) groups is 1. The summed E-state index contributed by atoms with van der Waals surface area (Å²) in [5.41, 5.74) is 6.48. The molecule has 0 aliphatic heterocycles. The number of aromatic nitrogens is 2. The summed E-state index contributed by atoms with van der Waals surface area (Å²) in [5.74, 6) is 0.142. The normalized spacial score (nSPS) is 11.4. The molecule has 0 saturated carbocycles. The molecule has 1 aromatic heterocycles. The summed E-state index contributed by atoms with van der Waals surface area (Å²) >= 11 is 2.49. The van der Waals surface area contributed by atoms with Gasteiger partial charge in [0.25, 0.3) is 0 Å². The number of nitrogens with zero attached hydrogens (tertiary/aromatic N) is 3. The van der Waals surface area contributed by atoms with E-state index in [2.05, 4.69) is 10.2 Å². The van der Waals surface area contributed by atoms with Crippen LogP contribution in [0, 0.1) is 0 Å². The van der Waals surface area contributed by atoms with Gasteiger partial charge in [-0.25, -0.2) is 8.42 Å². The summed E-state index contributed by atoms with van der Waals surface area (Å²) in [7, 11) is -1.85. The minimum absolute atomic E-state index is 0.0765. The van der Waals surface area contributed by atoms with Crippen molar-refractivity contribution in [2.45, 2.75) is 4.34 Å². The van der Waals surface area contributed by atoms with Crippen LogP contribution in [-0.4, -0.2) is 43.5 Å². The van der Waals surface area contributed by atoms with Gasteiger partial charge in [-0.05, 0) is 24.3 Å². The topological polar surface area (TPSA) is 106 Å². The third kappa shape index (κ3) is 4.18. The molecule has 1 aromatic carbocycles. The maximum absolute atomic E-state index is 12.1. The Labute approximate surface area is 136 Å². The van der Waals surface area contributed by atoms with Crippen molar-refractivity contribution < 1.29 is 13.2 Å². The Morgan fingerprint density at radius 1 is 1.32 bits per heavy atom. The van der Waals surface area contributed by atoms with Crippen molar-refractivity contribution >= 4 is 49.7 Å². The standard InChI is InChI=1S/C12H14N4O3S3/c1-16(22(2,18)19)9-5-3-8(4-6-9)10(17)7-20-12-15-14-11(13)21-12/h3-6H,7H2,1-2H3,(H2,13,14). The first kappa shape index (κ1) is 16.7. The molecule has 0 radical (unpaired) electrons. The van der Waals surface area contributed by atoms with Crippen LogP contribution in [0.25, 0.3) is 0 Å². The van der Waals surface area contributed by atoms with E-state index in [-0.39, 0.29) is 11.5 Å². The molecule has 2 aromatic rings. The van der Waals surface area contributed by atoms with Crippen molar-refractivity contribution in [2.24, 2.45) is 0 Å². The van der Waals surface area contributed by atoms with Gasteiger partial charge in [-0.15, -0.1) is 10.2 Å². The molecular formula is C12H14N4O3S3. The molecule has 0 aliphatic carbocycles. The molecule has 0 unspecified atom stereocenters. The van der Waals surface area contributed by atoms with Crippen LogP contribution in [0.1, 0.15) is 10.4 Å². The van der Waals surface area contributed by atoms with Crippen molar-refractivity contribution in [3.05, 3.63) is 29.8 Å². The average Bonchev–Trinajstić information content (AvgIpc) is 2.89. The molecule has 10 heteroatoms. The molecule has 1 heterocycles. The van der Waals surface area contributed by atoms with Gasteiger partial charge in [0.05, 0.1) is 17.7 Å². The molecule has 0 amide bonds.